The van der Waals surface area contributed by atoms with Crippen LogP contribution in [0.1, 0.15) is 102 Å². The molecule has 1 aliphatic heterocycles. The Labute approximate surface area is 270 Å². The smallest absolute Gasteiger partial charge is 0.259 e. The van der Waals surface area contributed by atoms with E-state index < -0.39 is 32.9 Å². The van der Waals surface area contributed by atoms with Crippen molar-refractivity contribution in [3.8, 4) is 16.9 Å². The SMILES string of the molecule is CCS(=O)(=O)NC(=O)C(C)(C)c1ccc(O[C@@H]2CC[C@@H](NC(=O)[C@@]3(F)CNC4(CCC4)C3)C2)c(-c2cccc(F)c2C2CCC2)c1. The molecule has 2 amide bonds. The lowest BCUT2D eigenvalue weighted by molar-refractivity contribution is -0.133. The summed E-state index contributed by atoms with van der Waals surface area (Å²) in [6.07, 6.45) is 7.38. The monoisotopic (exact) mass is 657 g/mol. The summed E-state index contributed by atoms with van der Waals surface area (Å²) >= 11 is 0. The molecule has 0 unspecified atom stereocenters. The molecule has 3 saturated carbocycles. The lowest BCUT2D eigenvalue weighted by Crippen LogP contribution is -2.49. The van der Waals surface area contributed by atoms with Crippen LogP contribution < -0.4 is 20.1 Å². The fraction of sp³-hybridized carbons (Fsp3) is 0.600. The van der Waals surface area contributed by atoms with Crippen LogP contribution in [0.5, 0.6) is 5.75 Å². The summed E-state index contributed by atoms with van der Waals surface area (Å²) in [7, 11) is -3.77. The molecule has 4 aliphatic rings. The van der Waals surface area contributed by atoms with E-state index in [-0.39, 0.29) is 48.1 Å². The van der Waals surface area contributed by atoms with Gasteiger partial charge in [0.25, 0.3) is 5.91 Å². The number of carbonyl (C=O) groups excluding carboxylic acids is 2. The Balaban J connectivity index is 1.25. The molecule has 3 aliphatic carbocycles. The molecule has 2 aromatic rings. The Kier molecular flexibility index (Phi) is 8.72. The molecule has 6 rings (SSSR count). The summed E-state index contributed by atoms with van der Waals surface area (Å²) in [4.78, 5) is 26.2. The Hall–Kier alpha value is -3.05. The van der Waals surface area contributed by atoms with Gasteiger partial charge in [0, 0.05) is 36.5 Å². The average Bonchev–Trinajstić information content (AvgIpc) is 3.58. The van der Waals surface area contributed by atoms with E-state index >= 15 is 8.78 Å². The van der Waals surface area contributed by atoms with Crippen molar-refractivity contribution in [1.29, 1.82) is 0 Å². The van der Waals surface area contributed by atoms with Crippen molar-refractivity contribution >= 4 is 21.8 Å². The summed E-state index contributed by atoms with van der Waals surface area (Å²) < 4.78 is 64.2. The number of amides is 2. The van der Waals surface area contributed by atoms with Crippen LogP contribution in [0.3, 0.4) is 0 Å². The zero-order valence-corrected chi connectivity index (χ0v) is 27.7. The maximum Gasteiger partial charge on any atom is 0.259 e. The molecular formula is C35H45F2N3O5S. The van der Waals surface area contributed by atoms with E-state index in [1.54, 1.807) is 38.1 Å². The number of sulfonamides is 1. The lowest BCUT2D eigenvalue weighted by Gasteiger charge is -2.38. The molecule has 1 saturated heterocycles. The van der Waals surface area contributed by atoms with E-state index in [0.717, 1.165) is 38.5 Å². The van der Waals surface area contributed by atoms with Crippen LogP contribution in [0.15, 0.2) is 36.4 Å². The van der Waals surface area contributed by atoms with Gasteiger partial charge < -0.3 is 15.4 Å². The normalized spacial score (nSPS) is 25.9. The summed E-state index contributed by atoms with van der Waals surface area (Å²) in [6, 6.07) is 10.1. The van der Waals surface area contributed by atoms with Crippen LogP contribution in [0.4, 0.5) is 8.78 Å². The first-order chi connectivity index (χ1) is 21.7. The first-order valence-corrected chi connectivity index (χ1v) is 18.3. The van der Waals surface area contributed by atoms with Crippen molar-refractivity contribution in [2.45, 2.75) is 120 Å². The van der Waals surface area contributed by atoms with E-state index in [1.165, 1.54) is 13.0 Å². The number of alkyl halides is 1. The number of carbonyl (C=O) groups is 2. The zero-order chi connectivity index (χ0) is 32.9. The van der Waals surface area contributed by atoms with Crippen LogP contribution in [-0.2, 0) is 25.0 Å². The summed E-state index contributed by atoms with van der Waals surface area (Å²) in [5.74, 6) is -1.16. The van der Waals surface area contributed by atoms with Crippen molar-refractivity contribution < 1.29 is 31.5 Å². The highest BCUT2D eigenvalue weighted by molar-refractivity contribution is 7.90. The van der Waals surface area contributed by atoms with Gasteiger partial charge in [-0.05, 0) is 107 Å². The van der Waals surface area contributed by atoms with Crippen molar-refractivity contribution in [3.63, 3.8) is 0 Å². The minimum absolute atomic E-state index is 0.0386. The molecule has 8 nitrogen and oxygen atoms in total. The van der Waals surface area contributed by atoms with E-state index in [1.807, 2.05) is 6.07 Å². The fourth-order valence-electron chi connectivity index (χ4n) is 7.37. The van der Waals surface area contributed by atoms with Crippen molar-refractivity contribution in [2.75, 3.05) is 12.3 Å². The van der Waals surface area contributed by atoms with Crippen molar-refractivity contribution in [2.24, 2.45) is 0 Å². The molecule has 0 bridgehead atoms. The molecule has 11 heteroatoms. The quantitative estimate of drug-likeness (QED) is 0.309. The zero-order valence-electron chi connectivity index (χ0n) is 26.9. The Morgan fingerprint density at radius 3 is 2.46 bits per heavy atom. The fourth-order valence-corrected chi connectivity index (χ4v) is 8.05. The molecule has 2 aromatic carbocycles. The minimum Gasteiger partial charge on any atom is -0.490 e. The van der Waals surface area contributed by atoms with E-state index in [9.17, 15) is 18.0 Å². The van der Waals surface area contributed by atoms with Crippen molar-refractivity contribution in [1.82, 2.24) is 15.4 Å². The summed E-state index contributed by atoms with van der Waals surface area (Å²) in [5.41, 5.74) is -0.890. The van der Waals surface area contributed by atoms with Gasteiger partial charge in [-0.2, -0.15) is 0 Å². The van der Waals surface area contributed by atoms with Crippen molar-refractivity contribution in [3.05, 3.63) is 53.3 Å². The second-order valence-corrected chi connectivity index (χ2v) is 16.4. The van der Waals surface area contributed by atoms with Crippen LogP contribution in [0.25, 0.3) is 11.1 Å². The van der Waals surface area contributed by atoms with Crippen LogP contribution in [0.2, 0.25) is 0 Å². The maximum atomic E-state index is 15.6. The topological polar surface area (TPSA) is 114 Å². The molecule has 3 N–H and O–H groups in total. The van der Waals surface area contributed by atoms with Gasteiger partial charge in [0.1, 0.15) is 17.7 Å². The average molecular weight is 658 g/mol. The highest BCUT2D eigenvalue weighted by atomic mass is 32.2. The number of nitrogens with one attached hydrogen (secondary N) is 3. The van der Waals surface area contributed by atoms with Crippen LogP contribution in [0, 0.1) is 5.82 Å². The van der Waals surface area contributed by atoms with Gasteiger partial charge in [-0.1, -0.05) is 24.6 Å². The molecule has 250 valence electrons. The van der Waals surface area contributed by atoms with Gasteiger partial charge >= 0.3 is 0 Å². The minimum atomic E-state index is -3.77. The third-order valence-corrected chi connectivity index (χ3v) is 12.1. The Bertz CT molecular complexity index is 1620. The third kappa shape index (κ3) is 6.29. The van der Waals surface area contributed by atoms with Gasteiger partial charge in [0.2, 0.25) is 21.6 Å². The van der Waals surface area contributed by atoms with Gasteiger partial charge in [-0.15, -0.1) is 0 Å². The number of benzene rings is 2. The van der Waals surface area contributed by atoms with Gasteiger partial charge in [-0.25, -0.2) is 17.2 Å². The third-order valence-electron chi connectivity index (χ3n) is 10.8. The first kappa shape index (κ1) is 32.9. The molecule has 1 heterocycles. The second kappa shape index (κ2) is 12.2. The highest BCUT2D eigenvalue weighted by Gasteiger charge is 2.55. The predicted molar refractivity (Wildman–Crippen MR) is 172 cm³/mol. The molecule has 3 atom stereocenters. The predicted octanol–water partition coefficient (Wildman–Crippen LogP) is 5.54. The Morgan fingerprint density at radius 1 is 1.07 bits per heavy atom. The van der Waals surface area contributed by atoms with Gasteiger partial charge in [-0.3, -0.25) is 14.3 Å². The number of ether oxygens (including phenoxy) is 1. The number of hydrogen-bond donors (Lipinski definition) is 3. The molecule has 4 fully saturated rings. The standard InChI is InChI=1S/C35H45F2N3O5S/c1-4-46(43,44)40-31(41)33(2,3)23-12-15-29(27(18-23)26-10-6-11-28(36)30(26)22-8-5-9-22)45-25-14-13-24(19-25)39-32(42)35(37)20-34(38-21-35)16-7-17-34/h6,10-12,15,18,22,24-25,38H,4-5,7-9,13-14,16-17,19-21H2,1-3H3,(H,39,42)(H,40,41)/t24-,25-,35+/m1/s1. The summed E-state index contributed by atoms with van der Waals surface area (Å²) in [5, 5.41) is 6.19. The lowest BCUT2D eigenvalue weighted by atomic mass is 9.74. The first-order valence-electron chi connectivity index (χ1n) is 16.6. The molecule has 0 radical (unpaired) electrons. The number of hydrogen-bond acceptors (Lipinski definition) is 6. The van der Waals surface area contributed by atoms with Gasteiger partial charge in [0.15, 0.2) is 0 Å². The van der Waals surface area contributed by atoms with Crippen LogP contribution >= 0.6 is 0 Å². The van der Waals surface area contributed by atoms with Crippen LogP contribution in [-0.4, -0.2) is 55.9 Å². The second-order valence-electron chi connectivity index (χ2n) is 14.4. The molecule has 1 spiro atoms. The largest absolute Gasteiger partial charge is 0.490 e. The highest BCUT2D eigenvalue weighted by Crippen LogP contribution is 2.47. The summed E-state index contributed by atoms with van der Waals surface area (Å²) in [6.45, 7) is 4.81. The van der Waals surface area contributed by atoms with Gasteiger partial charge in [0.05, 0.1) is 11.2 Å². The molecule has 46 heavy (non-hydrogen) atoms. The van der Waals surface area contributed by atoms with E-state index in [2.05, 4.69) is 15.4 Å². The number of rotatable bonds is 10. The van der Waals surface area contributed by atoms with E-state index in [0.29, 0.717) is 47.3 Å². The number of halogens is 2. The molecule has 0 aromatic heterocycles. The van der Waals surface area contributed by atoms with E-state index in [4.69, 9.17) is 4.74 Å². The Morgan fingerprint density at radius 2 is 1.83 bits per heavy atom. The molecular weight excluding hydrogens is 612 g/mol. The maximum absolute atomic E-state index is 15.6.